The van der Waals surface area contributed by atoms with Crippen molar-refractivity contribution in [1.82, 2.24) is 5.32 Å². The van der Waals surface area contributed by atoms with Crippen molar-refractivity contribution in [2.45, 2.75) is 50.7 Å². The Kier molecular flexibility index (Phi) is 5.35. The summed E-state index contributed by atoms with van der Waals surface area (Å²) in [6.45, 7) is 1.19. The maximum Gasteiger partial charge on any atom is 0.0693 e. The van der Waals surface area contributed by atoms with Gasteiger partial charge in [0.2, 0.25) is 0 Å². The lowest BCUT2D eigenvalue weighted by atomic mass is 9.92. The van der Waals surface area contributed by atoms with Crippen molar-refractivity contribution in [3.63, 3.8) is 0 Å². The van der Waals surface area contributed by atoms with E-state index in [0.29, 0.717) is 6.04 Å². The maximum absolute atomic E-state index is 9.61. The number of unbranched alkanes of at least 4 members (excludes halogenated alkanes) is 1. The van der Waals surface area contributed by atoms with E-state index >= 15 is 0 Å². The van der Waals surface area contributed by atoms with E-state index in [2.05, 4.69) is 5.32 Å². The molecule has 0 aromatic carbocycles. The Balaban J connectivity index is 2.05. The third-order valence-electron chi connectivity index (χ3n) is 2.72. The maximum atomic E-state index is 9.61. The minimum atomic E-state index is -0.150. The third kappa shape index (κ3) is 4.07. The van der Waals surface area contributed by atoms with Gasteiger partial charge in [-0.15, -0.1) is 0 Å². The van der Waals surface area contributed by atoms with Gasteiger partial charge in [-0.25, -0.2) is 0 Å². The van der Waals surface area contributed by atoms with Crippen LogP contribution in [0.2, 0.25) is 0 Å². The van der Waals surface area contributed by atoms with Crippen molar-refractivity contribution in [3.8, 4) is 0 Å². The van der Waals surface area contributed by atoms with Crippen LogP contribution in [0.4, 0.5) is 0 Å². The summed E-state index contributed by atoms with van der Waals surface area (Å²) in [5.74, 6) is 0. The summed E-state index contributed by atoms with van der Waals surface area (Å²) in [6.07, 6.45) is 6.14. The van der Waals surface area contributed by atoms with Gasteiger partial charge in [-0.3, -0.25) is 0 Å². The molecule has 0 spiro atoms. The van der Waals surface area contributed by atoms with E-state index in [1.807, 2.05) is 0 Å². The van der Waals surface area contributed by atoms with Gasteiger partial charge >= 0.3 is 0 Å². The number of hydrogen-bond donors (Lipinski definition) is 3. The highest BCUT2D eigenvalue weighted by Gasteiger charge is 2.21. The zero-order valence-corrected chi connectivity index (χ0v) is 8.21. The number of aliphatic hydroxyl groups is 2. The summed E-state index contributed by atoms with van der Waals surface area (Å²) < 4.78 is 0. The fourth-order valence-electron chi connectivity index (χ4n) is 1.87. The number of aliphatic hydroxyl groups excluding tert-OH is 2. The van der Waals surface area contributed by atoms with Gasteiger partial charge in [-0.05, 0) is 32.2 Å². The van der Waals surface area contributed by atoms with E-state index in [9.17, 15) is 5.11 Å². The minimum absolute atomic E-state index is 0.150. The van der Waals surface area contributed by atoms with Crippen molar-refractivity contribution in [2.24, 2.45) is 0 Å². The Labute approximate surface area is 80.2 Å². The molecule has 78 valence electrons. The Morgan fingerprint density at radius 3 is 2.62 bits per heavy atom. The molecule has 0 aliphatic heterocycles. The van der Waals surface area contributed by atoms with Gasteiger partial charge in [0.05, 0.1) is 6.10 Å². The zero-order valence-electron chi connectivity index (χ0n) is 8.21. The van der Waals surface area contributed by atoms with Gasteiger partial charge < -0.3 is 15.5 Å². The van der Waals surface area contributed by atoms with Crippen molar-refractivity contribution in [1.29, 1.82) is 0 Å². The Hall–Kier alpha value is -0.120. The molecule has 2 atom stereocenters. The smallest absolute Gasteiger partial charge is 0.0693 e. The highest BCUT2D eigenvalue weighted by Crippen LogP contribution is 2.18. The molecular formula is C10H21NO2. The van der Waals surface area contributed by atoms with Gasteiger partial charge in [-0.2, -0.15) is 0 Å². The van der Waals surface area contributed by atoms with Crippen LogP contribution in [-0.2, 0) is 0 Å². The molecule has 0 heterocycles. The van der Waals surface area contributed by atoms with Crippen molar-refractivity contribution in [3.05, 3.63) is 0 Å². The first-order chi connectivity index (χ1) is 6.34. The van der Waals surface area contributed by atoms with Crippen LogP contribution >= 0.6 is 0 Å². The Morgan fingerprint density at radius 2 is 1.92 bits per heavy atom. The average molecular weight is 187 g/mol. The molecule has 1 aliphatic rings. The van der Waals surface area contributed by atoms with Gasteiger partial charge in [0, 0.05) is 12.6 Å². The summed E-state index contributed by atoms with van der Waals surface area (Å²) in [5.41, 5.74) is 0. The van der Waals surface area contributed by atoms with Crippen LogP contribution in [0.1, 0.15) is 38.5 Å². The highest BCUT2D eigenvalue weighted by molar-refractivity contribution is 4.79. The molecule has 0 bridgehead atoms. The normalized spacial score (nSPS) is 29.1. The molecule has 0 radical (unpaired) electrons. The van der Waals surface area contributed by atoms with Gasteiger partial charge in [-0.1, -0.05) is 12.8 Å². The predicted octanol–water partition coefficient (Wildman–Crippen LogP) is 0.652. The fraction of sp³-hybridized carbons (Fsp3) is 1.00. The number of nitrogens with one attached hydrogen (secondary N) is 1. The van der Waals surface area contributed by atoms with Crippen molar-refractivity contribution in [2.75, 3.05) is 13.2 Å². The van der Waals surface area contributed by atoms with E-state index in [1.54, 1.807) is 0 Å². The van der Waals surface area contributed by atoms with Gasteiger partial charge in [0.25, 0.3) is 0 Å². The highest BCUT2D eigenvalue weighted by atomic mass is 16.3. The molecule has 3 heteroatoms. The first-order valence-corrected chi connectivity index (χ1v) is 5.37. The van der Waals surface area contributed by atoms with E-state index in [4.69, 9.17) is 5.11 Å². The molecule has 3 nitrogen and oxygen atoms in total. The molecule has 2 unspecified atom stereocenters. The van der Waals surface area contributed by atoms with Crippen LogP contribution in [0.5, 0.6) is 0 Å². The molecule has 0 amide bonds. The molecule has 0 saturated heterocycles. The minimum Gasteiger partial charge on any atom is -0.396 e. The molecular weight excluding hydrogens is 166 g/mol. The lowest BCUT2D eigenvalue weighted by molar-refractivity contribution is 0.0907. The Bertz CT molecular complexity index is 130. The zero-order chi connectivity index (χ0) is 9.52. The second kappa shape index (κ2) is 6.35. The third-order valence-corrected chi connectivity index (χ3v) is 2.72. The second-order valence-electron chi connectivity index (χ2n) is 3.84. The van der Waals surface area contributed by atoms with E-state index in [0.717, 1.165) is 38.6 Å². The summed E-state index contributed by atoms with van der Waals surface area (Å²) in [6, 6.07) is 0.299. The quantitative estimate of drug-likeness (QED) is 0.554. The largest absolute Gasteiger partial charge is 0.396 e. The topological polar surface area (TPSA) is 52.5 Å². The Morgan fingerprint density at radius 1 is 1.15 bits per heavy atom. The summed E-state index contributed by atoms with van der Waals surface area (Å²) in [5, 5.41) is 21.5. The number of hydrogen-bond acceptors (Lipinski definition) is 3. The molecule has 13 heavy (non-hydrogen) atoms. The lowest BCUT2D eigenvalue weighted by Gasteiger charge is -2.28. The second-order valence-corrected chi connectivity index (χ2v) is 3.84. The van der Waals surface area contributed by atoms with Crippen LogP contribution in [0.15, 0.2) is 0 Å². The molecule has 1 saturated carbocycles. The van der Waals surface area contributed by atoms with Crippen molar-refractivity contribution >= 4 is 0 Å². The summed E-state index contributed by atoms with van der Waals surface area (Å²) >= 11 is 0. The van der Waals surface area contributed by atoms with E-state index < -0.39 is 0 Å². The molecule has 1 aliphatic carbocycles. The lowest BCUT2D eigenvalue weighted by Crippen LogP contribution is -2.42. The van der Waals surface area contributed by atoms with E-state index in [-0.39, 0.29) is 12.7 Å². The van der Waals surface area contributed by atoms with Crippen LogP contribution < -0.4 is 5.32 Å². The average Bonchev–Trinajstić information content (AvgIpc) is 2.15. The molecule has 3 N–H and O–H groups in total. The summed E-state index contributed by atoms with van der Waals surface area (Å²) in [4.78, 5) is 0. The van der Waals surface area contributed by atoms with Crippen LogP contribution in [0.25, 0.3) is 0 Å². The van der Waals surface area contributed by atoms with Gasteiger partial charge in [0.15, 0.2) is 0 Å². The van der Waals surface area contributed by atoms with Gasteiger partial charge in [0.1, 0.15) is 0 Å². The first kappa shape index (κ1) is 11.0. The monoisotopic (exact) mass is 187 g/mol. The fourth-order valence-corrected chi connectivity index (χ4v) is 1.87. The van der Waals surface area contributed by atoms with Crippen LogP contribution in [0, 0.1) is 0 Å². The molecule has 0 aromatic rings. The standard InChI is InChI=1S/C10H21NO2/c12-8-4-3-7-11-9-5-1-2-6-10(9)13/h9-13H,1-8H2. The number of rotatable bonds is 5. The summed E-state index contributed by atoms with van der Waals surface area (Å²) in [7, 11) is 0. The molecule has 0 aromatic heterocycles. The molecule has 1 rings (SSSR count). The predicted molar refractivity (Wildman–Crippen MR) is 52.6 cm³/mol. The SMILES string of the molecule is OCCCCNC1CCCCC1O. The van der Waals surface area contributed by atoms with Crippen molar-refractivity contribution < 1.29 is 10.2 Å². The molecule has 1 fully saturated rings. The van der Waals surface area contributed by atoms with E-state index in [1.165, 1.54) is 6.42 Å². The van der Waals surface area contributed by atoms with Crippen LogP contribution in [0.3, 0.4) is 0 Å². The van der Waals surface area contributed by atoms with Crippen LogP contribution in [-0.4, -0.2) is 35.5 Å². The first-order valence-electron chi connectivity index (χ1n) is 5.37.